The second-order valence-electron chi connectivity index (χ2n) is 9.28. The summed E-state index contributed by atoms with van der Waals surface area (Å²) in [5, 5.41) is 11.0. The number of rotatable bonds is 0. The van der Waals surface area contributed by atoms with Gasteiger partial charge in [0.2, 0.25) is 0 Å². The van der Waals surface area contributed by atoms with Gasteiger partial charge in [0, 0.05) is 12.8 Å². The molecular weight excluding hydrogens is 264 g/mol. The first-order chi connectivity index (χ1) is 9.71. The molecule has 3 heteroatoms. The van der Waals surface area contributed by atoms with Crippen LogP contribution in [0.5, 0.6) is 0 Å². The van der Waals surface area contributed by atoms with Crippen LogP contribution in [0.1, 0.15) is 66.2 Å². The molecule has 2 heterocycles. The molecule has 1 N–H and O–H groups in total. The molecule has 2 unspecified atom stereocenters. The summed E-state index contributed by atoms with van der Waals surface area (Å²) in [7, 11) is 0. The third-order valence-corrected chi connectivity index (χ3v) is 7.39. The first-order valence-electron chi connectivity index (χ1n) is 8.73. The minimum atomic E-state index is -0.399. The number of ether oxygens (including phenoxy) is 2. The Balaban J connectivity index is 1.77. The highest BCUT2D eigenvalue weighted by Crippen LogP contribution is 2.67. The summed E-state index contributed by atoms with van der Waals surface area (Å²) in [5.74, 6) is 0.528. The molecule has 2 bridgehead atoms. The average Bonchev–Trinajstić information content (AvgIpc) is 2.57. The minimum absolute atomic E-state index is 0.189. The van der Waals surface area contributed by atoms with Crippen molar-refractivity contribution in [1.82, 2.24) is 0 Å². The molecule has 4 aliphatic rings. The first-order valence-corrected chi connectivity index (χ1v) is 8.73. The maximum Gasteiger partial charge on any atom is 0.166 e. The highest BCUT2D eigenvalue weighted by Gasteiger charge is 2.68. The monoisotopic (exact) mass is 294 g/mol. The number of aliphatic hydroxyl groups is 1. The van der Waals surface area contributed by atoms with Crippen LogP contribution < -0.4 is 0 Å². The van der Waals surface area contributed by atoms with E-state index in [1.807, 2.05) is 0 Å². The molecule has 0 radical (unpaired) electrons. The normalized spacial score (nSPS) is 58.4. The predicted octanol–water partition coefficient (Wildman–Crippen LogP) is 3.50. The standard InChI is InChI=1S/C18H30O3/c1-15(2)7-5-8-16(3)13-6-9-17(4)20-11-18(13,21-17)10-12(19)14(15)16/h12-14,19H,5-11H2,1-4H3/t12-,13?,14?,16+,17+,18+/m0/s1. The van der Waals surface area contributed by atoms with Crippen LogP contribution in [0.3, 0.4) is 0 Å². The van der Waals surface area contributed by atoms with E-state index < -0.39 is 5.79 Å². The van der Waals surface area contributed by atoms with E-state index in [1.54, 1.807) is 0 Å². The van der Waals surface area contributed by atoms with Crippen molar-refractivity contribution in [3.05, 3.63) is 0 Å². The van der Waals surface area contributed by atoms with Gasteiger partial charge in [0.15, 0.2) is 5.79 Å². The molecule has 21 heavy (non-hydrogen) atoms. The van der Waals surface area contributed by atoms with Crippen molar-refractivity contribution in [2.75, 3.05) is 6.61 Å². The summed E-state index contributed by atoms with van der Waals surface area (Å²) in [6, 6.07) is 0. The summed E-state index contributed by atoms with van der Waals surface area (Å²) in [5.41, 5.74) is 0.188. The van der Waals surface area contributed by atoms with Gasteiger partial charge < -0.3 is 14.6 Å². The Kier molecular flexibility index (Phi) is 2.78. The van der Waals surface area contributed by atoms with Gasteiger partial charge in [-0.15, -0.1) is 0 Å². The van der Waals surface area contributed by atoms with Crippen molar-refractivity contribution in [2.24, 2.45) is 22.7 Å². The third kappa shape index (κ3) is 1.77. The summed E-state index contributed by atoms with van der Waals surface area (Å²) in [6.45, 7) is 9.89. The first kappa shape index (κ1) is 14.5. The van der Waals surface area contributed by atoms with Gasteiger partial charge in [-0.2, -0.15) is 0 Å². The van der Waals surface area contributed by atoms with E-state index in [2.05, 4.69) is 27.7 Å². The van der Waals surface area contributed by atoms with Crippen LogP contribution in [0.4, 0.5) is 0 Å². The molecule has 3 nitrogen and oxygen atoms in total. The predicted molar refractivity (Wildman–Crippen MR) is 80.7 cm³/mol. The summed E-state index contributed by atoms with van der Waals surface area (Å²) in [4.78, 5) is 0. The molecule has 2 saturated heterocycles. The fourth-order valence-electron chi connectivity index (χ4n) is 6.85. The lowest BCUT2D eigenvalue weighted by molar-refractivity contribution is -0.279. The second kappa shape index (κ2) is 4.04. The van der Waals surface area contributed by atoms with Crippen LogP contribution >= 0.6 is 0 Å². The van der Waals surface area contributed by atoms with Gasteiger partial charge in [0.1, 0.15) is 5.60 Å². The van der Waals surface area contributed by atoms with Crippen molar-refractivity contribution in [3.8, 4) is 0 Å². The number of hydrogen-bond acceptors (Lipinski definition) is 3. The van der Waals surface area contributed by atoms with Gasteiger partial charge in [-0.05, 0) is 48.9 Å². The molecular formula is C18H30O3. The zero-order chi connectivity index (χ0) is 15.1. The zero-order valence-corrected chi connectivity index (χ0v) is 13.9. The average molecular weight is 294 g/mol. The Bertz CT molecular complexity index is 461. The lowest BCUT2D eigenvalue weighted by Gasteiger charge is -2.64. The van der Waals surface area contributed by atoms with E-state index in [0.29, 0.717) is 18.4 Å². The van der Waals surface area contributed by atoms with Gasteiger partial charge in [-0.1, -0.05) is 27.2 Å². The lowest BCUT2D eigenvalue weighted by Crippen LogP contribution is -2.66. The number of hydrogen-bond donors (Lipinski definition) is 1. The molecule has 2 aliphatic carbocycles. The molecule has 6 atom stereocenters. The Morgan fingerprint density at radius 2 is 1.81 bits per heavy atom. The summed E-state index contributed by atoms with van der Waals surface area (Å²) in [6.07, 6.45) is 6.42. The van der Waals surface area contributed by atoms with Gasteiger partial charge in [-0.3, -0.25) is 0 Å². The van der Waals surface area contributed by atoms with Crippen LogP contribution in [0.15, 0.2) is 0 Å². The summed E-state index contributed by atoms with van der Waals surface area (Å²) >= 11 is 0. The molecule has 0 aromatic rings. The molecule has 0 aromatic heterocycles. The van der Waals surface area contributed by atoms with Crippen molar-refractivity contribution in [3.63, 3.8) is 0 Å². The van der Waals surface area contributed by atoms with Crippen LogP contribution in [-0.4, -0.2) is 29.2 Å². The Labute approximate surface area is 128 Å². The number of aliphatic hydroxyl groups excluding tert-OH is 1. The highest BCUT2D eigenvalue weighted by molar-refractivity contribution is 5.15. The molecule has 2 saturated carbocycles. The van der Waals surface area contributed by atoms with E-state index in [9.17, 15) is 5.11 Å². The Morgan fingerprint density at radius 3 is 2.57 bits per heavy atom. The van der Waals surface area contributed by atoms with E-state index in [0.717, 1.165) is 12.8 Å². The fourth-order valence-corrected chi connectivity index (χ4v) is 6.85. The largest absolute Gasteiger partial charge is 0.393 e. The van der Waals surface area contributed by atoms with Crippen molar-refractivity contribution in [1.29, 1.82) is 0 Å². The smallest absolute Gasteiger partial charge is 0.166 e. The molecule has 0 aromatic carbocycles. The lowest BCUT2D eigenvalue weighted by atomic mass is 9.44. The number of fused-ring (bicyclic) bond motifs is 3. The molecule has 120 valence electrons. The maximum absolute atomic E-state index is 11.0. The van der Waals surface area contributed by atoms with Crippen LogP contribution in [0, 0.1) is 22.7 Å². The van der Waals surface area contributed by atoms with Crippen molar-refractivity contribution < 1.29 is 14.6 Å². The Hall–Kier alpha value is -0.120. The zero-order valence-electron chi connectivity index (χ0n) is 13.9. The van der Waals surface area contributed by atoms with E-state index in [-0.39, 0.29) is 22.5 Å². The maximum atomic E-state index is 11.0. The topological polar surface area (TPSA) is 38.7 Å². The molecule has 4 rings (SSSR count). The van der Waals surface area contributed by atoms with Gasteiger partial charge >= 0.3 is 0 Å². The van der Waals surface area contributed by atoms with Gasteiger partial charge in [-0.25, -0.2) is 0 Å². The minimum Gasteiger partial charge on any atom is -0.393 e. The van der Waals surface area contributed by atoms with E-state index in [4.69, 9.17) is 9.47 Å². The van der Waals surface area contributed by atoms with Gasteiger partial charge in [0.25, 0.3) is 0 Å². The molecule has 2 aliphatic heterocycles. The van der Waals surface area contributed by atoms with Crippen molar-refractivity contribution >= 4 is 0 Å². The van der Waals surface area contributed by atoms with E-state index >= 15 is 0 Å². The molecule has 0 amide bonds. The summed E-state index contributed by atoms with van der Waals surface area (Å²) < 4.78 is 12.5. The van der Waals surface area contributed by atoms with E-state index in [1.165, 1.54) is 25.7 Å². The van der Waals surface area contributed by atoms with Crippen molar-refractivity contribution in [2.45, 2.75) is 83.7 Å². The fraction of sp³-hybridized carbons (Fsp3) is 1.00. The molecule has 1 spiro atoms. The SMILES string of the molecule is CC1(C)CCC[C@@]2(C)C1[C@@H](O)C[C@@]13CO[C@@](C)(CCC12)O3. The molecule has 4 fully saturated rings. The van der Waals surface area contributed by atoms with Crippen LogP contribution in [0.25, 0.3) is 0 Å². The highest BCUT2D eigenvalue weighted by atomic mass is 16.8. The van der Waals surface area contributed by atoms with Gasteiger partial charge in [0.05, 0.1) is 12.7 Å². The van der Waals surface area contributed by atoms with Crippen LogP contribution in [-0.2, 0) is 9.47 Å². The third-order valence-electron chi connectivity index (χ3n) is 7.39. The Morgan fingerprint density at radius 1 is 1.05 bits per heavy atom. The van der Waals surface area contributed by atoms with Crippen LogP contribution in [0.2, 0.25) is 0 Å². The quantitative estimate of drug-likeness (QED) is 0.743. The second-order valence-corrected chi connectivity index (χ2v) is 9.28.